The number of nitrogens with one attached hydrogen (secondary N) is 1. The summed E-state index contributed by atoms with van der Waals surface area (Å²) in [5.41, 5.74) is 0.328. The number of anilines is 1. The molecule has 0 bridgehead atoms. The maximum Gasteiger partial charge on any atom is 0.194 e. The zero-order valence-corrected chi connectivity index (χ0v) is 19.2. The molecule has 1 saturated heterocycles. The van der Waals surface area contributed by atoms with Gasteiger partial charge in [0.05, 0.1) is 5.69 Å². The normalized spacial score (nSPS) is 15.8. The van der Waals surface area contributed by atoms with Crippen molar-refractivity contribution in [2.24, 2.45) is 10.9 Å². The van der Waals surface area contributed by atoms with E-state index in [1.165, 1.54) is 12.1 Å². The van der Waals surface area contributed by atoms with Gasteiger partial charge in [-0.2, -0.15) is 5.10 Å². The molecule has 0 saturated carbocycles. The SMILES string of the molecule is CCNC(=NCC(C)Cn1cccn1)N1CCN(c2cc(F)ccc2F)CC1.I. The molecule has 1 fully saturated rings. The van der Waals surface area contributed by atoms with Crippen LogP contribution in [0.3, 0.4) is 0 Å². The molecule has 0 spiro atoms. The Hall–Kier alpha value is -1.91. The lowest BCUT2D eigenvalue weighted by atomic mass is 10.2. The summed E-state index contributed by atoms with van der Waals surface area (Å²) in [4.78, 5) is 8.85. The molecule has 0 aliphatic carbocycles. The van der Waals surface area contributed by atoms with Crippen molar-refractivity contribution in [3.05, 3.63) is 48.3 Å². The molecule has 1 aliphatic rings. The number of nitrogens with zero attached hydrogens (tertiary/aromatic N) is 5. The summed E-state index contributed by atoms with van der Waals surface area (Å²) < 4.78 is 29.4. The molecule has 6 nitrogen and oxygen atoms in total. The van der Waals surface area contributed by atoms with Crippen molar-refractivity contribution in [1.82, 2.24) is 20.0 Å². The largest absolute Gasteiger partial charge is 0.366 e. The van der Waals surface area contributed by atoms with Crippen LogP contribution in [0, 0.1) is 17.6 Å². The second-order valence-electron chi connectivity index (χ2n) is 7.10. The predicted molar refractivity (Wildman–Crippen MR) is 123 cm³/mol. The van der Waals surface area contributed by atoms with Gasteiger partial charge in [0.2, 0.25) is 0 Å². The van der Waals surface area contributed by atoms with Gasteiger partial charge < -0.3 is 15.1 Å². The summed E-state index contributed by atoms with van der Waals surface area (Å²) in [5, 5.41) is 7.58. The molecule has 160 valence electrons. The first-order valence-corrected chi connectivity index (χ1v) is 9.77. The van der Waals surface area contributed by atoms with Crippen LogP contribution in [0.4, 0.5) is 14.5 Å². The van der Waals surface area contributed by atoms with Gasteiger partial charge in [-0.1, -0.05) is 6.92 Å². The van der Waals surface area contributed by atoms with E-state index in [1.54, 1.807) is 6.20 Å². The fourth-order valence-electron chi connectivity index (χ4n) is 3.34. The van der Waals surface area contributed by atoms with Crippen LogP contribution in [0.2, 0.25) is 0 Å². The predicted octanol–water partition coefficient (Wildman–Crippen LogP) is 3.20. The lowest BCUT2D eigenvalue weighted by molar-refractivity contribution is 0.367. The number of halogens is 3. The molecule has 1 N–H and O–H groups in total. The van der Waals surface area contributed by atoms with Crippen LogP contribution >= 0.6 is 24.0 Å². The molecule has 0 amide bonds. The fourth-order valence-corrected chi connectivity index (χ4v) is 3.34. The molecule has 1 unspecified atom stereocenters. The quantitative estimate of drug-likeness (QED) is 0.363. The molecule has 29 heavy (non-hydrogen) atoms. The summed E-state index contributed by atoms with van der Waals surface area (Å²) in [5.74, 6) is 0.424. The molecule has 9 heteroatoms. The van der Waals surface area contributed by atoms with Crippen molar-refractivity contribution in [3.63, 3.8) is 0 Å². The van der Waals surface area contributed by atoms with Crippen LogP contribution in [0.5, 0.6) is 0 Å². The third-order valence-corrected chi connectivity index (χ3v) is 4.77. The maximum absolute atomic E-state index is 14.0. The van der Waals surface area contributed by atoms with Crippen molar-refractivity contribution in [3.8, 4) is 0 Å². The number of rotatable bonds is 6. The Morgan fingerprint density at radius 3 is 2.66 bits per heavy atom. The van der Waals surface area contributed by atoms with Gasteiger partial charge in [0.25, 0.3) is 0 Å². The lowest BCUT2D eigenvalue weighted by Gasteiger charge is -2.37. The van der Waals surface area contributed by atoms with E-state index >= 15 is 0 Å². The van der Waals surface area contributed by atoms with Crippen LogP contribution in [0.25, 0.3) is 0 Å². The van der Waals surface area contributed by atoms with Crippen molar-refractivity contribution in [2.75, 3.05) is 44.2 Å². The van der Waals surface area contributed by atoms with Crippen molar-refractivity contribution < 1.29 is 8.78 Å². The van der Waals surface area contributed by atoms with Crippen molar-refractivity contribution in [2.45, 2.75) is 20.4 Å². The lowest BCUT2D eigenvalue weighted by Crippen LogP contribution is -2.52. The highest BCUT2D eigenvalue weighted by atomic mass is 127. The number of hydrogen-bond donors (Lipinski definition) is 1. The van der Waals surface area contributed by atoms with Gasteiger partial charge in [0, 0.05) is 64.3 Å². The summed E-state index contributed by atoms with van der Waals surface area (Å²) in [7, 11) is 0. The highest BCUT2D eigenvalue weighted by Crippen LogP contribution is 2.22. The summed E-state index contributed by atoms with van der Waals surface area (Å²) in [6.45, 7) is 9.14. The molecule has 1 aromatic heterocycles. The number of benzene rings is 1. The first kappa shape index (κ1) is 23.4. The Kier molecular flexibility index (Phi) is 9.12. The first-order valence-electron chi connectivity index (χ1n) is 9.77. The third-order valence-electron chi connectivity index (χ3n) is 4.77. The highest BCUT2D eigenvalue weighted by Gasteiger charge is 2.22. The van der Waals surface area contributed by atoms with E-state index in [0.717, 1.165) is 25.1 Å². The monoisotopic (exact) mass is 518 g/mol. The average molecular weight is 518 g/mol. The Bertz CT molecular complexity index is 775. The standard InChI is InChI=1S/C20H28F2N6.HI/c1-3-23-20(24-14-16(2)15-28-8-4-7-25-28)27-11-9-26(10-12-27)19-13-17(21)5-6-18(19)22;/h4-8,13,16H,3,9-12,14-15H2,1-2H3,(H,23,24);1H. The van der Waals surface area contributed by atoms with E-state index in [9.17, 15) is 8.78 Å². The zero-order chi connectivity index (χ0) is 19.9. The number of guanidine groups is 1. The minimum atomic E-state index is -0.417. The molecule has 1 aromatic carbocycles. The summed E-state index contributed by atoms with van der Waals surface area (Å²) >= 11 is 0. The van der Waals surface area contributed by atoms with E-state index in [1.807, 2.05) is 28.8 Å². The van der Waals surface area contributed by atoms with Gasteiger partial charge in [-0.15, -0.1) is 24.0 Å². The average Bonchev–Trinajstić information content (AvgIpc) is 3.20. The molecule has 2 heterocycles. The van der Waals surface area contributed by atoms with Gasteiger partial charge in [0.15, 0.2) is 5.96 Å². The van der Waals surface area contributed by atoms with E-state index in [2.05, 4.69) is 22.2 Å². The summed E-state index contributed by atoms with van der Waals surface area (Å²) in [6, 6.07) is 5.52. The Morgan fingerprint density at radius 1 is 1.24 bits per heavy atom. The molecule has 0 radical (unpaired) electrons. The van der Waals surface area contributed by atoms with E-state index in [4.69, 9.17) is 4.99 Å². The number of aliphatic imine (C=N–C) groups is 1. The van der Waals surface area contributed by atoms with Crippen LogP contribution in [0.15, 0.2) is 41.7 Å². The molecule has 2 aromatic rings. The molecule has 1 aliphatic heterocycles. The van der Waals surface area contributed by atoms with Crippen LogP contribution in [-0.4, -0.2) is 59.9 Å². The number of hydrogen-bond acceptors (Lipinski definition) is 3. The van der Waals surface area contributed by atoms with E-state index in [-0.39, 0.29) is 29.8 Å². The van der Waals surface area contributed by atoms with Crippen LogP contribution in [-0.2, 0) is 6.54 Å². The minimum absolute atomic E-state index is 0. The number of aromatic nitrogens is 2. The minimum Gasteiger partial charge on any atom is -0.366 e. The summed E-state index contributed by atoms with van der Waals surface area (Å²) in [6.07, 6.45) is 3.73. The van der Waals surface area contributed by atoms with E-state index in [0.29, 0.717) is 44.3 Å². The Morgan fingerprint density at radius 2 is 2.00 bits per heavy atom. The maximum atomic E-state index is 14.0. The van der Waals surface area contributed by atoms with Crippen molar-refractivity contribution in [1.29, 1.82) is 0 Å². The van der Waals surface area contributed by atoms with Gasteiger partial charge in [-0.05, 0) is 31.0 Å². The third kappa shape index (κ3) is 6.55. The number of piperazine rings is 1. The van der Waals surface area contributed by atoms with Crippen LogP contribution in [0.1, 0.15) is 13.8 Å². The molecule has 3 rings (SSSR count). The molecular formula is C20H29F2IN6. The Labute approximate surface area is 188 Å². The van der Waals surface area contributed by atoms with Gasteiger partial charge in [0.1, 0.15) is 11.6 Å². The smallest absolute Gasteiger partial charge is 0.194 e. The van der Waals surface area contributed by atoms with Gasteiger partial charge in [-0.3, -0.25) is 9.67 Å². The second kappa shape index (κ2) is 11.3. The van der Waals surface area contributed by atoms with Gasteiger partial charge in [-0.25, -0.2) is 8.78 Å². The topological polar surface area (TPSA) is 48.7 Å². The first-order chi connectivity index (χ1) is 13.6. The fraction of sp³-hybridized carbons (Fsp3) is 0.500. The molecular weight excluding hydrogens is 489 g/mol. The molecule has 1 atom stereocenters. The second-order valence-corrected chi connectivity index (χ2v) is 7.10. The van der Waals surface area contributed by atoms with Crippen LogP contribution < -0.4 is 10.2 Å². The zero-order valence-electron chi connectivity index (χ0n) is 16.9. The van der Waals surface area contributed by atoms with Gasteiger partial charge >= 0.3 is 0 Å². The Balaban J connectivity index is 0.00000300. The van der Waals surface area contributed by atoms with Crippen molar-refractivity contribution >= 4 is 35.6 Å². The van der Waals surface area contributed by atoms with E-state index < -0.39 is 5.82 Å². The highest BCUT2D eigenvalue weighted by molar-refractivity contribution is 14.0.